The predicted octanol–water partition coefficient (Wildman–Crippen LogP) is 6.99. The van der Waals surface area contributed by atoms with Gasteiger partial charge >= 0.3 is 0 Å². The Morgan fingerprint density at radius 3 is 2.00 bits per heavy atom. The van der Waals surface area contributed by atoms with Crippen molar-refractivity contribution in [3.05, 3.63) is 53.1 Å². The maximum Gasteiger partial charge on any atom is 0.186 e. The van der Waals surface area contributed by atoms with Gasteiger partial charge in [-0.3, -0.25) is 4.79 Å². The zero-order chi connectivity index (χ0) is 22.5. The summed E-state index contributed by atoms with van der Waals surface area (Å²) in [6.07, 6.45) is 9.36. The summed E-state index contributed by atoms with van der Waals surface area (Å²) in [5.74, 6) is 1.62. The standard InChI is InChI=1S/C27H39O3P.Li/c1-5-7-9-11-18-29-23-16-17-25(24(20-23)30-19-12-10-8-6-2)31-27(28)26-21(3)14-13-15-22(26)4;/h13-17,20,31H,5-12,18-19H2,1-4H3;. The second-order valence-corrected chi connectivity index (χ2v) is 9.44. The zero-order valence-corrected chi connectivity index (χ0v) is 21.8. The van der Waals surface area contributed by atoms with Gasteiger partial charge < -0.3 is 9.47 Å². The van der Waals surface area contributed by atoms with Gasteiger partial charge in [-0.05, 0) is 58.5 Å². The quantitative estimate of drug-likeness (QED) is 0.167. The van der Waals surface area contributed by atoms with Crippen LogP contribution in [0.5, 0.6) is 11.5 Å². The molecule has 0 saturated carbocycles. The minimum absolute atomic E-state index is 0. The van der Waals surface area contributed by atoms with Crippen LogP contribution in [0, 0.1) is 13.8 Å². The Kier molecular flexibility index (Phi) is 14.7. The van der Waals surface area contributed by atoms with Crippen molar-refractivity contribution >= 4 is 38.3 Å². The monoisotopic (exact) mass is 449 g/mol. The summed E-state index contributed by atoms with van der Waals surface area (Å²) in [4.78, 5) is 13.1. The molecule has 1 unspecified atom stereocenters. The molecule has 0 N–H and O–H groups in total. The third-order valence-corrected chi connectivity index (χ3v) is 6.59. The molecular formula is C27H39LiO3P. The van der Waals surface area contributed by atoms with Gasteiger partial charge in [-0.2, -0.15) is 0 Å². The van der Waals surface area contributed by atoms with Gasteiger partial charge in [0.25, 0.3) is 0 Å². The molecule has 5 heteroatoms. The first-order valence-corrected chi connectivity index (χ1v) is 12.8. The molecule has 0 saturated heterocycles. The number of rotatable bonds is 15. The van der Waals surface area contributed by atoms with Gasteiger partial charge in [0.15, 0.2) is 5.52 Å². The van der Waals surface area contributed by atoms with E-state index >= 15 is 0 Å². The molecule has 0 aromatic heterocycles. The maximum absolute atomic E-state index is 13.1. The van der Waals surface area contributed by atoms with Gasteiger partial charge in [0.05, 0.1) is 13.2 Å². The molecule has 0 aliphatic heterocycles. The summed E-state index contributed by atoms with van der Waals surface area (Å²) in [5.41, 5.74) is 3.07. The zero-order valence-electron chi connectivity index (χ0n) is 20.8. The summed E-state index contributed by atoms with van der Waals surface area (Å²) < 4.78 is 12.1. The number of hydrogen-bond acceptors (Lipinski definition) is 3. The van der Waals surface area contributed by atoms with Crippen LogP contribution in [-0.4, -0.2) is 37.6 Å². The summed E-state index contributed by atoms with van der Waals surface area (Å²) in [7, 11) is 0.0387. The first-order chi connectivity index (χ1) is 15.1. The molecule has 0 aliphatic rings. The van der Waals surface area contributed by atoms with Crippen molar-refractivity contribution in [2.75, 3.05) is 13.2 Å². The SMILES string of the molecule is CCCCCCOc1ccc(PC(=O)c2c(C)cccc2C)c(OCCCCCC)c1.[Li]. The molecular weight excluding hydrogens is 410 g/mol. The van der Waals surface area contributed by atoms with E-state index in [1.165, 1.54) is 38.5 Å². The molecule has 0 spiro atoms. The van der Waals surface area contributed by atoms with Gasteiger partial charge in [-0.1, -0.05) is 70.6 Å². The van der Waals surface area contributed by atoms with Gasteiger partial charge in [-0.15, -0.1) is 0 Å². The number of hydrogen-bond donors (Lipinski definition) is 0. The number of ether oxygens (including phenoxy) is 2. The molecule has 0 amide bonds. The number of unbranched alkanes of at least 4 members (excludes halogenated alkanes) is 6. The summed E-state index contributed by atoms with van der Waals surface area (Å²) in [6.45, 7) is 9.83. The van der Waals surface area contributed by atoms with E-state index in [1.54, 1.807) is 0 Å². The Labute approximate surface area is 209 Å². The van der Waals surface area contributed by atoms with Gasteiger partial charge in [-0.25, -0.2) is 0 Å². The molecule has 0 fully saturated rings. The molecule has 2 aromatic carbocycles. The van der Waals surface area contributed by atoms with Crippen LogP contribution in [0.4, 0.5) is 0 Å². The molecule has 0 aliphatic carbocycles. The van der Waals surface area contributed by atoms with Gasteiger partial charge in [0, 0.05) is 35.8 Å². The molecule has 2 rings (SSSR count). The number of aryl methyl sites for hydroxylation is 2. The summed E-state index contributed by atoms with van der Waals surface area (Å²) >= 11 is 0. The van der Waals surface area contributed by atoms with E-state index in [4.69, 9.17) is 9.47 Å². The summed E-state index contributed by atoms with van der Waals surface area (Å²) in [5, 5.41) is 0.960. The smallest absolute Gasteiger partial charge is 0.186 e. The maximum atomic E-state index is 13.1. The Balaban J connectivity index is 0.00000512. The third kappa shape index (κ3) is 9.70. The summed E-state index contributed by atoms with van der Waals surface area (Å²) in [6, 6.07) is 12.0. The first-order valence-electron chi connectivity index (χ1n) is 11.8. The van der Waals surface area contributed by atoms with Crippen molar-refractivity contribution in [1.82, 2.24) is 0 Å². The fourth-order valence-electron chi connectivity index (χ4n) is 3.60. The van der Waals surface area contributed by atoms with Gasteiger partial charge in [0.2, 0.25) is 0 Å². The second kappa shape index (κ2) is 16.4. The molecule has 32 heavy (non-hydrogen) atoms. The van der Waals surface area contributed by atoms with Crippen LogP contribution < -0.4 is 14.8 Å². The van der Waals surface area contributed by atoms with Crippen molar-refractivity contribution in [3.63, 3.8) is 0 Å². The largest absolute Gasteiger partial charge is 0.493 e. The van der Waals surface area contributed by atoms with Crippen molar-refractivity contribution in [3.8, 4) is 11.5 Å². The molecule has 0 heterocycles. The van der Waals surface area contributed by atoms with Gasteiger partial charge in [0.1, 0.15) is 11.5 Å². The number of carbonyl (C=O) groups excluding carboxylic acids is 1. The van der Waals surface area contributed by atoms with Crippen LogP contribution in [-0.2, 0) is 0 Å². The fraction of sp³-hybridized carbons (Fsp3) is 0.519. The van der Waals surface area contributed by atoms with E-state index in [0.717, 1.165) is 52.9 Å². The normalized spacial score (nSPS) is 10.9. The van der Waals surface area contributed by atoms with E-state index in [-0.39, 0.29) is 33.0 Å². The first kappa shape index (κ1) is 28.8. The van der Waals surface area contributed by atoms with Crippen molar-refractivity contribution < 1.29 is 14.3 Å². The van der Waals surface area contributed by atoms with E-state index in [1.807, 2.05) is 50.2 Å². The van der Waals surface area contributed by atoms with Crippen molar-refractivity contribution in [1.29, 1.82) is 0 Å². The average molecular weight is 450 g/mol. The van der Waals surface area contributed by atoms with Crippen LogP contribution >= 0.6 is 8.58 Å². The van der Waals surface area contributed by atoms with Crippen molar-refractivity contribution in [2.24, 2.45) is 0 Å². The Bertz CT molecular complexity index is 802. The number of carbonyl (C=O) groups is 1. The Hall–Kier alpha value is -1.26. The molecule has 1 radical (unpaired) electrons. The molecule has 1 atom stereocenters. The third-order valence-electron chi connectivity index (χ3n) is 5.43. The minimum atomic E-state index is 0. The fourth-order valence-corrected chi connectivity index (χ4v) is 4.80. The Morgan fingerprint density at radius 2 is 1.41 bits per heavy atom. The predicted molar refractivity (Wildman–Crippen MR) is 140 cm³/mol. The van der Waals surface area contributed by atoms with Crippen molar-refractivity contribution in [2.45, 2.75) is 79.1 Å². The molecule has 171 valence electrons. The van der Waals surface area contributed by atoms with Crippen LogP contribution in [0.1, 0.15) is 86.7 Å². The molecule has 0 bridgehead atoms. The van der Waals surface area contributed by atoms with E-state index in [0.29, 0.717) is 6.61 Å². The average Bonchev–Trinajstić information content (AvgIpc) is 2.75. The molecule has 3 nitrogen and oxygen atoms in total. The molecule has 2 aromatic rings. The van der Waals surface area contributed by atoms with Crippen LogP contribution in [0.15, 0.2) is 36.4 Å². The number of benzene rings is 2. The topological polar surface area (TPSA) is 35.5 Å². The Morgan fingerprint density at radius 1 is 0.812 bits per heavy atom. The van der Waals surface area contributed by atoms with E-state index in [2.05, 4.69) is 13.8 Å². The van der Waals surface area contributed by atoms with E-state index < -0.39 is 0 Å². The van der Waals surface area contributed by atoms with E-state index in [9.17, 15) is 4.79 Å². The minimum Gasteiger partial charge on any atom is -0.493 e. The van der Waals surface area contributed by atoms with Crippen LogP contribution in [0.2, 0.25) is 0 Å². The van der Waals surface area contributed by atoms with Crippen LogP contribution in [0.3, 0.4) is 0 Å². The second-order valence-electron chi connectivity index (χ2n) is 8.20. The van der Waals surface area contributed by atoms with Crippen LogP contribution in [0.25, 0.3) is 0 Å².